The molecule has 1 saturated heterocycles. The standard InChI is InChI=1S/C30H31N7O8S3/c1-4-44-22-11-9-21(10-12-22)37-29(39)25(17-27(38)32-20-7-15-23(16-8-20)47(31,40)41)36(30(37)46)18-26-28(45-34-35(26)3)33-48(42,43)24-13-5-19(2)6-14-24/h5-16,25H,4,17-18H2,1-3H3,(H,32,38)(H2,31,40,41)/b33-28-. The molecule has 48 heavy (non-hydrogen) atoms. The van der Waals surface area contributed by atoms with Crippen molar-refractivity contribution in [2.45, 2.75) is 42.6 Å². The van der Waals surface area contributed by atoms with Gasteiger partial charge in [0, 0.05) is 5.69 Å². The van der Waals surface area contributed by atoms with Gasteiger partial charge >= 0.3 is 0 Å². The van der Waals surface area contributed by atoms with Crippen LogP contribution in [0.2, 0.25) is 0 Å². The first-order valence-electron chi connectivity index (χ1n) is 14.4. The van der Waals surface area contributed by atoms with Crippen LogP contribution in [0.4, 0.5) is 11.4 Å². The van der Waals surface area contributed by atoms with Gasteiger partial charge in [0.1, 0.15) is 25.4 Å². The summed E-state index contributed by atoms with van der Waals surface area (Å²) in [5, 5.41) is 11.7. The highest BCUT2D eigenvalue weighted by molar-refractivity contribution is 7.90. The Morgan fingerprint density at radius 1 is 1.04 bits per heavy atom. The minimum absolute atomic E-state index is 0.0352. The number of primary sulfonamides is 1. The Kier molecular flexibility index (Phi) is 9.81. The molecule has 0 spiro atoms. The van der Waals surface area contributed by atoms with Gasteiger partial charge in [-0.1, -0.05) is 17.7 Å². The molecule has 0 radical (unpaired) electrons. The number of hydrogen-bond acceptors (Lipinski definition) is 9. The molecule has 1 aromatic heterocycles. The molecule has 3 N–H and O–H groups in total. The summed E-state index contributed by atoms with van der Waals surface area (Å²) in [7, 11) is -6.64. The van der Waals surface area contributed by atoms with Crippen LogP contribution in [0.1, 0.15) is 24.6 Å². The minimum atomic E-state index is -4.21. The van der Waals surface area contributed by atoms with E-state index in [1.165, 1.54) is 57.9 Å². The van der Waals surface area contributed by atoms with E-state index in [0.717, 1.165) is 5.56 Å². The fourth-order valence-corrected chi connectivity index (χ4v) is 6.68. The first-order valence-corrected chi connectivity index (χ1v) is 17.8. The van der Waals surface area contributed by atoms with Gasteiger partial charge < -0.3 is 19.5 Å². The number of aryl methyl sites for hydroxylation is 2. The van der Waals surface area contributed by atoms with E-state index in [0.29, 0.717) is 18.0 Å². The Bertz CT molecular complexity index is 2140. The largest absolute Gasteiger partial charge is 0.494 e. The van der Waals surface area contributed by atoms with Gasteiger partial charge in [-0.05, 0) is 86.7 Å². The van der Waals surface area contributed by atoms with Crippen LogP contribution in [-0.2, 0) is 43.2 Å². The zero-order valence-corrected chi connectivity index (χ0v) is 28.4. The number of anilines is 2. The average molecular weight is 714 g/mol. The van der Waals surface area contributed by atoms with Crippen molar-refractivity contribution in [3.63, 3.8) is 0 Å². The van der Waals surface area contributed by atoms with E-state index in [2.05, 4.69) is 15.0 Å². The van der Waals surface area contributed by atoms with E-state index in [1.807, 2.05) is 13.8 Å². The maximum Gasteiger partial charge on any atom is 0.289 e. The Morgan fingerprint density at radius 2 is 1.67 bits per heavy atom. The number of benzene rings is 3. The number of thiocarbonyl (C=S) groups is 1. The average Bonchev–Trinajstić information content (AvgIpc) is 3.48. The lowest BCUT2D eigenvalue weighted by Crippen LogP contribution is -2.45. The molecule has 1 unspecified atom stereocenters. The highest BCUT2D eigenvalue weighted by atomic mass is 32.2. The lowest BCUT2D eigenvalue weighted by Gasteiger charge is -2.22. The number of sulfonamides is 2. The quantitative estimate of drug-likeness (QED) is 0.167. The van der Waals surface area contributed by atoms with Gasteiger partial charge in [0.25, 0.3) is 27.2 Å². The SMILES string of the molecule is CCOc1ccc(N2C(=O)C(CC(=O)Nc3ccc(S(N)(=O)=O)cc3)N(Cc3/c(=N/S(=O)(=O)c4ccc(C)cc4)o[n-][n+]3C)C2=S)cc1. The predicted octanol–water partition coefficient (Wildman–Crippen LogP) is 1.24. The second-order valence-corrected chi connectivity index (χ2v) is 14.2. The third-order valence-electron chi connectivity index (χ3n) is 7.30. The molecule has 0 bridgehead atoms. The topological polar surface area (TPSA) is 200 Å². The number of amides is 2. The fraction of sp³-hybridized carbons (Fsp3) is 0.233. The molecule has 0 saturated carbocycles. The molecule has 4 aromatic rings. The van der Waals surface area contributed by atoms with E-state index < -0.39 is 37.9 Å². The second-order valence-electron chi connectivity index (χ2n) is 10.7. The third-order valence-corrected chi connectivity index (χ3v) is 9.92. The monoisotopic (exact) mass is 713 g/mol. The molecular formula is C30H31N7O8S3. The molecule has 0 aliphatic carbocycles. The molecule has 2 amide bonds. The Morgan fingerprint density at radius 3 is 2.27 bits per heavy atom. The molecule has 1 fully saturated rings. The highest BCUT2D eigenvalue weighted by Crippen LogP contribution is 2.30. The van der Waals surface area contributed by atoms with Crippen LogP contribution in [-0.4, -0.2) is 51.3 Å². The number of rotatable bonds is 11. The van der Waals surface area contributed by atoms with Crippen LogP contribution in [0, 0.1) is 6.92 Å². The van der Waals surface area contributed by atoms with E-state index >= 15 is 0 Å². The van der Waals surface area contributed by atoms with Crippen molar-refractivity contribution in [1.82, 2.24) is 10.2 Å². The van der Waals surface area contributed by atoms with Crippen molar-refractivity contribution in [3.05, 3.63) is 89.6 Å². The van der Waals surface area contributed by atoms with Crippen molar-refractivity contribution < 1.29 is 40.4 Å². The molecule has 18 heteroatoms. The lowest BCUT2D eigenvalue weighted by atomic mass is 10.1. The molecule has 5 rings (SSSR count). The Hall–Kier alpha value is -4.91. The molecule has 1 aliphatic heterocycles. The lowest BCUT2D eigenvalue weighted by molar-refractivity contribution is -0.752. The van der Waals surface area contributed by atoms with E-state index in [1.54, 1.807) is 36.4 Å². The molecule has 15 nitrogen and oxygen atoms in total. The highest BCUT2D eigenvalue weighted by Gasteiger charge is 2.45. The van der Waals surface area contributed by atoms with Gasteiger partial charge in [-0.3, -0.25) is 19.8 Å². The predicted molar refractivity (Wildman–Crippen MR) is 175 cm³/mol. The maximum atomic E-state index is 14.0. The summed E-state index contributed by atoms with van der Waals surface area (Å²) in [5.74, 6) is -0.522. The summed E-state index contributed by atoms with van der Waals surface area (Å²) in [4.78, 5) is 29.8. The van der Waals surface area contributed by atoms with Crippen LogP contribution < -0.4 is 35.6 Å². The zero-order valence-electron chi connectivity index (χ0n) is 25.9. The van der Waals surface area contributed by atoms with Crippen LogP contribution in [0.15, 0.2) is 91.5 Å². The van der Waals surface area contributed by atoms with Gasteiger partial charge in [-0.15, -0.1) is 4.40 Å². The van der Waals surface area contributed by atoms with Crippen LogP contribution >= 0.6 is 12.2 Å². The Balaban J connectivity index is 1.48. The summed E-state index contributed by atoms with van der Waals surface area (Å²) in [5.41, 5.74) is 1.38. The fourth-order valence-electron chi connectivity index (χ4n) is 4.84. The number of nitrogens with zero attached hydrogens (tertiary/aromatic N) is 5. The molecule has 1 aliphatic rings. The van der Waals surface area contributed by atoms with Crippen molar-refractivity contribution in [1.29, 1.82) is 0 Å². The number of nitrogens with one attached hydrogen (secondary N) is 1. The second kappa shape index (κ2) is 13.7. The van der Waals surface area contributed by atoms with Gasteiger partial charge in [0.15, 0.2) is 5.11 Å². The van der Waals surface area contributed by atoms with E-state index in [-0.39, 0.29) is 44.8 Å². The zero-order chi connectivity index (χ0) is 34.8. The van der Waals surface area contributed by atoms with E-state index in [9.17, 15) is 26.4 Å². The first-order chi connectivity index (χ1) is 22.7. The molecule has 1 atom stereocenters. The normalized spacial score (nSPS) is 15.7. The summed E-state index contributed by atoms with van der Waals surface area (Å²) in [6.45, 7) is 3.90. The number of carbonyl (C=O) groups excluding carboxylic acids is 2. The van der Waals surface area contributed by atoms with Crippen LogP contribution in [0.3, 0.4) is 0 Å². The molecule has 252 valence electrons. The summed E-state index contributed by atoms with van der Waals surface area (Å²) in [6, 6.07) is 16.8. The number of hydrogen-bond donors (Lipinski definition) is 2. The van der Waals surface area contributed by atoms with Crippen molar-refractivity contribution >= 4 is 60.6 Å². The molecule has 2 heterocycles. The summed E-state index contributed by atoms with van der Waals surface area (Å²) in [6.07, 6.45) is -0.382. The van der Waals surface area contributed by atoms with Crippen molar-refractivity contribution in [2.24, 2.45) is 16.6 Å². The molecular weight excluding hydrogens is 683 g/mol. The van der Waals surface area contributed by atoms with Gasteiger partial charge in [-0.2, -0.15) is 8.42 Å². The van der Waals surface area contributed by atoms with E-state index in [4.69, 9.17) is 26.6 Å². The first kappa shape index (κ1) is 34.4. The Labute approximate surface area is 281 Å². The number of carbonyl (C=O) groups is 2. The maximum absolute atomic E-state index is 14.0. The van der Waals surface area contributed by atoms with Crippen molar-refractivity contribution in [2.75, 3.05) is 16.8 Å². The van der Waals surface area contributed by atoms with Gasteiger partial charge in [0.05, 0.1) is 28.5 Å². The smallest absolute Gasteiger partial charge is 0.289 e. The van der Waals surface area contributed by atoms with Gasteiger partial charge in [0.2, 0.25) is 15.9 Å². The molecule has 3 aromatic carbocycles. The minimum Gasteiger partial charge on any atom is -0.494 e. The number of nitrogens with two attached hydrogens (primary N) is 1. The third kappa shape index (κ3) is 7.46. The summed E-state index contributed by atoms with van der Waals surface area (Å²) < 4.78 is 65.4. The van der Waals surface area contributed by atoms with Crippen LogP contribution in [0.25, 0.3) is 0 Å². The number of aromatic nitrogens is 2. The van der Waals surface area contributed by atoms with Crippen LogP contribution in [0.5, 0.6) is 5.75 Å². The number of ether oxygens (including phenoxy) is 1. The van der Waals surface area contributed by atoms with Crippen molar-refractivity contribution in [3.8, 4) is 5.75 Å². The summed E-state index contributed by atoms with van der Waals surface area (Å²) >= 11 is 5.76. The van der Waals surface area contributed by atoms with Gasteiger partial charge in [-0.25, -0.2) is 18.2 Å².